The lowest BCUT2D eigenvalue weighted by molar-refractivity contribution is 0.481. The van der Waals surface area contributed by atoms with E-state index >= 15 is 0 Å². The van der Waals surface area contributed by atoms with Gasteiger partial charge in [0.2, 0.25) is 0 Å². The molecule has 4 heteroatoms. The molecule has 1 heterocycles. The largest absolute Gasteiger partial charge is 0.507 e. The summed E-state index contributed by atoms with van der Waals surface area (Å²) in [4.78, 5) is 16.7. The number of aromatic amines is 1. The lowest BCUT2D eigenvalue weighted by Crippen LogP contribution is -2.08. The van der Waals surface area contributed by atoms with Gasteiger partial charge in [0.05, 0.1) is 10.9 Å². The molecule has 60 valence electrons. The molecule has 0 saturated carbocycles. The maximum atomic E-state index is 10.7. The van der Waals surface area contributed by atoms with Crippen LogP contribution in [0.5, 0.6) is 5.75 Å². The summed E-state index contributed by atoms with van der Waals surface area (Å²) >= 11 is 0. The normalized spacial score (nSPS) is 10.3. The van der Waals surface area contributed by atoms with Crippen LogP contribution in [0.3, 0.4) is 0 Å². The van der Waals surface area contributed by atoms with Crippen LogP contribution >= 0.6 is 0 Å². The number of hydrogen-bond donors (Lipinski definition) is 2. The minimum Gasteiger partial charge on any atom is -0.507 e. The van der Waals surface area contributed by atoms with Crippen molar-refractivity contribution in [2.45, 2.75) is 0 Å². The van der Waals surface area contributed by atoms with Crippen LogP contribution in [0, 0.1) is 0 Å². The van der Waals surface area contributed by atoms with Gasteiger partial charge in [-0.2, -0.15) is 0 Å². The first kappa shape index (κ1) is 6.84. The number of nitrogens with one attached hydrogen (secondary N) is 1. The first-order valence-corrected chi connectivity index (χ1v) is 3.44. The van der Waals surface area contributed by atoms with Crippen LogP contribution in [-0.4, -0.2) is 15.1 Å². The van der Waals surface area contributed by atoms with Gasteiger partial charge in [0.1, 0.15) is 5.75 Å². The number of rotatable bonds is 0. The molecule has 2 N–H and O–H groups in total. The van der Waals surface area contributed by atoms with Crippen molar-refractivity contribution >= 4 is 10.9 Å². The first-order chi connectivity index (χ1) is 5.77. The van der Waals surface area contributed by atoms with Crippen LogP contribution < -0.4 is 5.69 Å². The Morgan fingerprint density at radius 1 is 1.42 bits per heavy atom. The van der Waals surface area contributed by atoms with E-state index in [0.717, 1.165) is 0 Å². The minimum absolute atomic E-state index is 0.122. The number of nitrogens with zero attached hydrogens (tertiary/aromatic N) is 1. The van der Waals surface area contributed by atoms with E-state index in [1.807, 2.05) is 0 Å². The number of benzene rings is 1. The van der Waals surface area contributed by atoms with E-state index in [1.165, 1.54) is 6.20 Å². The standard InChI is InChI=1S/C8H6N2O2/c11-7-3-1-2-6-5(7)4-9-8(12)10-6/h1-4,11H,(H,9,10,12). The second kappa shape index (κ2) is 2.34. The lowest BCUT2D eigenvalue weighted by Gasteiger charge is -1.97. The fourth-order valence-electron chi connectivity index (χ4n) is 1.07. The van der Waals surface area contributed by atoms with Gasteiger partial charge in [-0.15, -0.1) is 0 Å². The van der Waals surface area contributed by atoms with Crippen molar-refractivity contribution < 1.29 is 5.11 Å². The zero-order valence-electron chi connectivity index (χ0n) is 6.11. The SMILES string of the molecule is O=c1ncc2c(O)cccc2[nH]1. The van der Waals surface area contributed by atoms with Gasteiger partial charge in [-0.05, 0) is 12.1 Å². The van der Waals surface area contributed by atoms with Gasteiger partial charge >= 0.3 is 5.69 Å². The summed E-state index contributed by atoms with van der Waals surface area (Å²) in [5, 5.41) is 9.85. The Morgan fingerprint density at radius 3 is 3.08 bits per heavy atom. The maximum Gasteiger partial charge on any atom is 0.345 e. The summed E-state index contributed by atoms with van der Waals surface area (Å²) in [6, 6.07) is 4.91. The van der Waals surface area contributed by atoms with Crippen molar-refractivity contribution in [3.8, 4) is 5.75 Å². The van der Waals surface area contributed by atoms with E-state index < -0.39 is 5.69 Å². The Balaban J connectivity index is 2.96. The molecule has 0 aliphatic heterocycles. The average molecular weight is 162 g/mol. The van der Waals surface area contributed by atoms with E-state index in [2.05, 4.69) is 9.97 Å². The summed E-state index contributed by atoms with van der Waals surface area (Å²) < 4.78 is 0. The number of phenols is 1. The third kappa shape index (κ3) is 0.934. The molecule has 2 rings (SSSR count). The summed E-state index contributed by atoms with van der Waals surface area (Å²) in [6.07, 6.45) is 1.35. The van der Waals surface area contributed by atoms with E-state index in [0.29, 0.717) is 10.9 Å². The van der Waals surface area contributed by atoms with Gasteiger partial charge in [0, 0.05) is 6.20 Å². The van der Waals surface area contributed by atoms with Crippen LogP contribution in [0.1, 0.15) is 0 Å². The van der Waals surface area contributed by atoms with E-state index in [1.54, 1.807) is 18.2 Å². The Hall–Kier alpha value is -1.84. The highest BCUT2D eigenvalue weighted by Gasteiger charge is 1.98. The summed E-state index contributed by atoms with van der Waals surface area (Å²) in [5.41, 5.74) is 0.183. The number of aromatic hydroxyl groups is 1. The molecule has 0 aliphatic rings. The van der Waals surface area contributed by atoms with E-state index in [-0.39, 0.29) is 5.75 Å². The predicted octanol–water partition coefficient (Wildman–Crippen LogP) is 0.629. The number of fused-ring (bicyclic) bond motifs is 1. The highest BCUT2D eigenvalue weighted by molar-refractivity contribution is 5.83. The topological polar surface area (TPSA) is 66.0 Å². The minimum atomic E-state index is -0.409. The van der Waals surface area contributed by atoms with Crippen LogP contribution in [-0.2, 0) is 0 Å². The second-order valence-corrected chi connectivity index (χ2v) is 2.43. The highest BCUT2D eigenvalue weighted by atomic mass is 16.3. The van der Waals surface area contributed by atoms with Gasteiger partial charge in [-0.3, -0.25) is 0 Å². The molecule has 0 unspecified atom stereocenters. The molecule has 4 nitrogen and oxygen atoms in total. The molecule has 1 aromatic carbocycles. The van der Waals surface area contributed by atoms with Crippen molar-refractivity contribution in [2.24, 2.45) is 0 Å². The predicted molar refractivity (Wildman–Crippen MR) is 44.0 cm³/mol. The zero-order valence-corrected chi connectivity index (χ0v) is 6.11. The third-order valence-corrected chi connectivity index (χ3v) is 1.64. The molecule has 0 radical (unpaired) electrons. The molecule has 0 atom stereocenters. The van der Waals surface area contributed by atoms with Crippen LogP contribution in [0.2, 0.25) is 0 Å². The zero-order chi connectivity index (χ0) is 8.55. The van der Waals surface area contributed by atoms with Crippen molar-refractivity contribution in [3.05, 3.63) is 34.9 Å². The molecule has 1 aromatic heterocycles. The van der Waals surface area contributed by atoms with Gasteiger partial charge in [0.25, 0.3) is 0 Å². The first-order valence-electron chi connectivity index (χ1n) is 3.44. The van der Waals surface area contributed by atoms with E-state index in [9.17, 15) is 9.90 Å². The Kier molecular flexibility index (Phi) is 1.33. The smallest absolute Gasteiger partial charge is 0.345 e. The van der Waals surface area contributed by atoms with E-state index in [4.69, 9.17) is 0 Å². The number of aromatic nitrogens is 2. The second-order valence-electron chi connectivity index (χ2n) is 2.43. The maximum absolute atomic E-state index is 10.7. The van der Waals surface area contributed by atoms with Crippen molar-refractivity contribution in [1.29, 1.82) is 0 Å². The molecule has 0 saturated heterocycles. The van der Waals surface area contributed by atoms with Crippen molar-refractivity contribution in [3.63, 3.8) is 0 Å². The molecule has 0 fully saturated rings. The quantitative estimate of drug-likeness (QED) is 0.597. The van der Waals surface area contributed by atoms with Crippen molar-refractivity contribution in [1.82, 2.24) is 9.97 Å². The van der Waals surface area contributed by atoms with Crippen LogP contribution in [0.15, 0.2) is 29.2 Å². The Labute approximate surface area is 67.5 Å². The molecule has 0 amide bonds. The van der Waals surface area contributed by atoms with Gasteiger partial charge in [-0.1, -0.05) is 6.07 Å². The summed E-state index contributed by atoms with van der Waals surface area (Å²) in [7, 11) is 0. The van der Waals surface area contributed by atoms with Crippen LogP contribution in [0.25, 0.3) is 10.9 Å². The van der Waals surface area contributed by atoms with Gasteiger partial charge < -0.3 is 10.1 Å². The monoisotopic (exact) mass is 162 g/mol. The van der Waals surface area contributed by atoms with Gasteiger partial charge in [-0.25, -0.2) is 9.78 Å². The number of H-pyrrole nitrogens is 1. The molecule has 0 aliphatic carbocycles. The molecular formula is C8H6N2O2. The molecular weight excluding hydrogens is 156 g/mol. The Bertz CT molecular complexity index is 476. The summed E-state index contributed by atoms with van der Waals surface area (Å²) in [6.45, 7) is 0. The third-order valence-electron chi connectivity index (χ3n) is 1.64. The molecule has 2 aromatic rings. The fourth-order valence-corrected chi connectivity index (χ4v) is 1.07. The number of phenolic OH excluding ortho intramolecular Hbond substituents is 1. The van der Waals surface area contributed by atoms with Crippen molar-refractivity contribution in [2.75, 3.05) is 0 Å². The van der Waals surface area contributed by atoms with Gasteiger partial charge in [0.15, 0.2) is 0 Å². The molecule has 0 bridgehead atoms. The molecule has 0 spiro atoms. The lowest BCUT2D eigenvalue weighted by atomic mass is 10.2. The number of hydrogen-bond acceptors (Lipinski definition) is 3. The van der Waals surface area contributed by atoms with Crippen LogP contribution in [0.4, 0.5) is 0 Å². The highest BCUT2D eigenvalue weighted by Crippen LogP contribution is 2.19. The summed E-state index contributed by atoms with van der Waals surface area (Å²) in [5.74, 6) is 0.122. The average Bonchev–Trinajstić information content (AvgIpc) is 2.04. The molecule has 12 heavy (non-hydrogen) atoms. The Morgan fingerprint density at radius 2 is 2.25 bits per heavy atom. The fraction of sp³-hybridized carbons (Fsp3) is 0.